The second-order valence-corrected chi connectivity index (χ2v) is 5.31. The third-order valence-electron chi connectivity index (χ3n) is 3.07. The summed E-state index contributed by atoms with van der Waals surface area (Å²) >= 11 is 3.47. The van der Waals surface area contributed by atoms with Crippen molar-refractivity contribution in [3.05, 3.63) is 51.8 Å². The summed E-state index contributed by atoms with van der Waals surface area (Å²) in [6, 6.07) is 9.77. The zero-order chi connectivity index (χ0) is 14.5. The minimum Gasteiger partial charge on any atom is -0.464 e. The molecule has 1 aromatic heterocycles. The predicted molar refractivity (Wildman–Crippen MR) is 83.0 cm³/mol. The zero-order valence-electron chi connectivity index (χ0n) is 11.5. The second kappa shape index (κ2) is 6.61. The minimum atomic E-state index is -0.353. The van der Waals surface area contributed by atoms with Gasteiger partial charge in [-0.25, -0.2) is 4.79 Å². The molecule has 2 aromatic rings. The number of benzene rings is 1. The summed E-state index contributed by atoms with van der Waals surface area (Å²) < 4.78 is 5.74. The van der Waals surface area contributed by atoms with Gasteiger partial charge in [0.05, 0.1) is 13.7 Å². The Morgan fingerprint density at radius 3 is 2.85 bits per heavy atom. The van der Waals surface area contributed by atoms with Crippen molar-refractivity contribution in [2.75, 3.05) is 12.4 Å². The predicted octanol–water partition coefficient (Wildman–Crippen LogP) is 3.74. The van der Waals surface area contributed by atoms with E-state index >= 15 is 0 Å². The molecule has 2 rings (SSSR count). The fraction of sp³-hybridized carbons (Fsp3) is 0.267. The molecule has 0 aliphatic rings. The standard InChI is InChI=1S/C15H17BrN2O2/c1-3-10-8-11(16)4-6-13(10)17-9-12-5-7-14(18-12)15(19)20-2/h4-8,17-18H,3,9H2,1-2H3. The molecule has 1 aromatic carbocycles. The Hall–Kier alpha value is -1.75. The third-order valence-corrected chi connectivity index (χ3v) is 3.56. The van der Waals surface area contributed by atoms with Crippen LogP contribution >= 0.6 is 15.9 Å². The van der Waals surface area contributed by atoms with Crippen molar-refractivity contribution < 1.29 is 9.53 Å². The Bertz CT molecular complexity index is 608. The summed E-state index contributed by atoms with van der Waals surface area (Å²) in [4.78, 5) is 14.4. The van der Waals surface area contributed by atoms with Crippen LogP contribution in [0.3, 0.4) is 0 Å². The summed E-state index contributed by atoms with van der Waals surface area (Å²) in [5, 5.41) is 3.37. The van der Waals surface area contributed by atoms with E-state index in [0.717, 1.165) is 22.3 Å². The Balaban J connectivity index is 2.05. The van der Waals surface area contributed by atoms with E-state index in [1.807, 2.05) is 18.2 Å². The molecule has 0 radical (unpaired) electrons. The highest BCUT2D eigenvalue weighted by molar-refractivity contribution is 9.10. The van der Waals surface area contributed by atoms with Gasteiger partial charge < -0.3 is 15.0 Å². The maximum absolute atomic E-state index is 11.4. The number of ether oxygens (including phenoxy) is 1. The van der Waals surface area contributed by atoms with Crippen molar-refractivity contribution in [2.45, 2.75) is 19.9 Å². The number of anilines is 1. The van der Waals surface area contributed by atoms with Gasteiger partial charge in [-0.1, -0.05) is 22.9 Å². The molecule has 5 heteroatoms. The van der Waals surface area contributed by atoms with Crippen molar-refractivity contribution in [3.63, 3.8) is 0 Å². The molecular weight excluding hydrogens is 320 g/mol. The number of carbonyl (C=O) groups is 1. The Labute approximate surface area is 126 Å². The first-order valence-corrected chi connectivity index (χ1v) is 7.21. The van der Waals surface area contributed by atoms with Crippen LogP contribution in [0.25, 0.3) is 0 Å². The maximum Gasteiger partial charge on any atom is 0.354 e. The number of H-pyrrole nitrogens is 1. The van der Waals surface area contributed by atoms with Crippen LogP contribution in [0.5, 0.6) is 0 Å². The molecule has 1 heterocycles. The summed E-state index contributed by atoms with van der Waals surface area (Å²) in [7, 11) is 1.37. The molecule has 0 atom stereocenters. The highest BCUT2D eigenvalue weighted by Crippen LogP contribution is 2.22. The first-order chi connectivity index (χ1) is 9.63. The van der Waals surface area contributed by atoms with Gasteiger partial charge in [0.25, 0.3) is 0 Å². The van der Waals surface area contributed by atoms with Gasteiger partial charge in [-0.05, 0) is 42.3 Å². The van der Waals surface area contributed by atoms with Gasteiger partial charge in [-0.2, -0.15) is 0 Å². The van der Waals surface area contributed by atoms with Crippen LogP contribution in [0.4, 0.5) is 5.69 Å². The number of halogens is 1. The number of aromatic amines is 1. The fourth-order valence-corrected chi connectivity index (χ4v) is 2.40. The SMILES string of the molecule is CCc1cc(Br)ccc1NCc1ccc(C(=O)OC)[nH]1. The molecule has 0 saturated heterocycles. The van der Waals surface area contributed by atoms with E-state index in [1.165, 1.54) is 12.7 Å². The van der Waals surface area contributed by atoms with Crippen LogP contribution in [0.2, 0.25) is 0 Å². The van der Waals surface area contributed by atoms with Crippen LogP contribution in [0, 0.1) is 0 Å². The second-order valence-electron chi connectivity index (χ2n) is 4.40. The highest BCUT2D eigenvalue weighted by atomic mass is 79.9. The number of hydrogen-bond acceptors (Lipinski definition) is 3. The quantitative estimate of drug-likeness (QED) is 0.818. The van der Waals surface area contributed by atoms with Gasteiger partial charge in [-0.3, -0.25) is 0 Å². The topological polar surface area (TPSA) is 54.1 Å². The van der Waals surface area contributed by atoms with E-state index in [9.17, 15) is 4.79 Å². The smallest absolute Gasteiger partial charge is 0.354 e. The van der Waals surface area contributed by atoms with E-state index in [-0.39, 0.29) is 5.97 Å². The molecule has 2 N–H and O–H groups in total. The number of aryl methyl sites for hydroxylation is 1. The lowest BCUT2D eigenvalue weighted by Gasteiger charge is -2.10. The fourth-order valence-electron chi connectivity index (χ4n) is 1.99. The molecule has 0 amide bonds. The number of nitrogens with one attached hydrogen (secondary N) is 2. The van der Waals surface area contributed by atoms with Gasteiger partial charge in [0.15, 0.2) is 0 Å². The molecule has 0 spiro atoms. The molecule has 106 valence electrons. The summed E-state index contributed by atoms with van der Waals surface area (Å²) in [6.07, 6.45) is 0.958. The van der Waals surface area contributed by atoms with Crippen molar-refractivity contribution in [2.24, 2.45) is 0 Å². The van der Waals surface area contributed by atoms with Gasteiger partial charge in [0.1, 0.15) is 5.69 Å². The first-order valence-electron chi connectivity index (χ1n) is 6.42. The van der Waals surface area contributed by atoms with E-state index in [1.54, 1.807) is 6.07 Å². The van der Waals surface area contributed by atoms with Gasteiger partial charge in [0.2, 0.25) is 0 Å². The Kier molecular flexibility index (Phi) is 4.84. The molecule has 4 nitrogen and oxygen atoms in total. The van der Waals surface area contributed by atoms with Crippen LogP contribution in [0.15, 0.2) is 34.8 Å². The molecule has 0 bridgehead atoms. The number of carbonyl (C=O) groups excluding carboxylic acids is 1. The molecule has 0 unspecified atom stereocenters. The summed E-state index contributed by atoms with van der Waals surface area (Å²) in [6.45, 7) is 2.75. The van der Waals surface area contributed by atoms with E-state index < -0.39 is 0 Å². The van der Waals surface area contributed by atoms with Crippen molar-refractivity contribution in [3.8, 4) is 0 Å². The third kappa shape index (κ3) is 3.42. The normalized spacial score (nSPS) is 10.3. The number of esters is 1. The Morgan fingerprint density at radius 2 is 2.15 bits per heavy atom. The van der Waals surface area contributed by atoms with Crippen LogP contribution in [-0.2, 0) is 17.7 Å². The zero-order valence-corrected chi connectivity index (χ0v) is 13.1. The lowest BCUT2D eigenvalue weighted by Crippen LogP contribution is -2.04. The molecule has 20 heavy (non-hydrogen) atoms. The maximum atomic E-state index is 11.4. The number of hydrogen-bond donors (Lipinski definition) is 2. The lowest BCUT2D eigenvalue weighted by molar-refractivity contribution is 0.0594. The van der Waals surface area contributed by atoms with Crippen LogP contribution in [0.1, 0.15) is 28.7 Å². The lowest BCUT2D eigenvalue weighted by atomic mass is 10.1. The van der Waals surface area contributed by atoms with Crippen molar-refractivity contribution in [1.29, 1.82) is 0 Å². The molecule has 0 aliphatic heterocycles. The van der Waals surface area contributed by atoms with E-state index in [4.69, 9.17) is 0 Å². The largest absolute Gasteiger partial charge is 0.464 e. The van der Waals surface area contributed by atoms with E-state index in [0.29, 0.717) is 12.2 Å². The first kappa shape index (κ1) is 14.7. The minimum absolute atomic E-state index is 0.353. The summed E-state index contributed by atoms with van der Waals surface area (Å²) in [5.74, 6) is -0.353. The van der Waals surface area contributed by atoms with Crippen LogP contribution in [-0.4, -0.2) is 18.1 Å². The van der Waals surface area contributed by atoms with Gasteiger partial charge in [-0.15, -0.1) is 0 Å². The van der Waals surface area contributed by atoms with Gasteiger partial charge in [0, 0.05) is 15.9 Å². The van der Waals surface area contributed by atoms with E-state index in [2.05, 4.69) is 44.0 Å². The molecule has 0 aliphatic carbocycles. The number of methoxy groups -OCH3 is 1. The molecular formula is C15H17BrN2O2. The monoisotopic (exact) mass is 336 g/mol. The van der Waals surface area contributed by atoms with Crippen LogP contribution < -0.4 is 5.32 Å². The van der Waals surface area contributed by atoms with Crippen molar-refractivity contribution >= 4 is 27.6 Å². The average Bonchev–Trinajstić information content (AvgIpc) is 2.93. The van der Waals surface area contributed by atoms with Gasteiger partial charge >= 0.3 is 5.97 Å². The van der Waals surface area contributed by atoms with Crippen molar-refractivity contribution in [1.82, 2.24) is 4.98 Å². The summed E-state index contributed by atoms with van der Waals surface area (Å²) in [5.41, 5.74) is 3.76. The molecule has 0 fully saturated rings. The number of rotatable bonds is 5. The Morgan fingerprint density at radius 1 is 1.35 bits per heavy atom. The average molecular weight is 337 g/mol. The molecule has 0 saturated carbocycles. The highest BCUT2D eigenvalue weighted by Gasteiger charge is 2.08. The number of aromatic nitrogens is 1.